The summed E-state index contributed by atoms with van der Waals surface area (Å²) in [6.07, 6.45) is 0. The molecule has 0 saturated heterocycles. The Hall–Kier alpha value is -1.96. The largest absolute Gasteiger partial charge is 0.388 e. The second kappa shape index (κ2) is 4.71. The van der Waals surface area contributed by atoms with Gasteiger partial charge in [-0.1, -0.05) is 23.8 Å². The predicted octanol–water partition coefficient (Wildman–Crippen LogP) is 3.78. The molecule has 0 amide bonds. The highest BCUT2D eigenvalue weighted by atomic mass is 14.9. The van der Waals surface area contributed by atoms with Crippen LogP contribution in [0.4, 0.5) is 17.1 Å². The molecule has 0 spiro atoms. The summed E-state index contributed by atoms with van der Waals surface area (Å²) >= 11 is 0. The Morgan fingerprint density at radius 2 is 1.50 bits per heavy atom. The normalized spacial score (nSPS) is 9.88. The van der Waals surface area contributed by atoms with Crippen molar-refractivity contribution in [3.8, 4) is 0 Å². The first-order valence-corrected chi connectivity index (χ1v) is 5.39. The fourth-order valence-corrected chi connectivity index (χ4v) is 1.56. The second-order valence-electron chi connectivity index (χ2n) is 3.82. The van der Waals surface area contributed by atoms with Crippen molar-refractivity contribution in [3.63, 3.8) is 0 Å². The van der Waals surface area contributed by atoms with Gasteiger partial charge in [0.15, 0.2) is 0 Å². The van der Waals surface area contributed by atoms with Gasteiger partial charge >= 0.3 is 0 Å². The van der Waals surface area contributed by atoms with Gasteiger partial charge in [0.05, 0.1) is 0 Å². The Morgan fingerprint density at radius 3 is 2.19 bits per heavy atom. The maximum absolute atomic E-state index is 3.37. The Kier molecular flexibility index (Phi) is 3.10. The third kappa shape index (κ3) is 2.54. The summed E-state index contributed by atoms with van der Waals surface area (Å²) < 4.78 is 0. The molecule has 2 heteroatoms. The third-order valence-electron chi connectivity index (χ3n) is 2.49. The molecule has 0 aliphatic carbocycles. The van der Waals surface area contributed by atoms with Gasteiger partial charge in [-0.2, -0.15) is 0 Å². The summed E-state index contributed by atoms with van der Waals surface area (Å²) in [6, 6.07) is 16.6. The van der Waals surface area contributed by atoms with E-state index < -0.39 is 0 Å². The van der Waals surface area contributed by atoms with E-state index >= 15 is 0 Å². The van der Waals surface area contributed by atoms with Crippen LogP contribution in [0.5, 0.6) is 0 Å². The van der Waals surface area contributed by atoms with Crippen molar-refractivity contribution in [2.45, 2.75) is 6.92 Å². The number of hydrogen-bond acceptors (Lipinski definition) is 2. The molecule has 2 N–H and O–H groups in total. The van der Waals surface area contributed by atoms with Gasteiger partial charge in [0.2, 0.25) is 0 Å². The molecule has 2 aromatic rings. The van der Waals surface area contributed by atoms with E-state index in [1.807, 2.05) is 19.2 Å². The molecule has 16 heavy (non-hydrogen) atoms. The first-order valence-electron chi connectivity index (χ1n) is 5.39. The van der Waals surface area contributed by atoms with E-state index in [2.05, 4.69) is 54.0 Å². The molecule has 0 aliphatic heterocycles. The molecule has 2 aromatic carbocycles. The lowest BCUT2D eigenvalue weighted by atomic mass is 10.2. The molecular weight excluding hydrogens is 196 g/mol. The monoisotopic (exact) mass is 212 g/mol. The lowest BCUT2D eigenvalue weighted by molar-refractivity contribution is 1.45. The topological polar surface area (TPSA) is 24.1 Å². The van der Waals surface area contributed by atoms with Gasteiger partial charge in [0.25, 0.3) is 0 Å². The van der Waals surface area contributed by atoms with Crippen molar-refractivity contribution < 1.29 is 0 Å². The number of benzene rings is 2. The smallest absolute Gasteiger partial charge is 0.0404 e. The SMILES string of the molecule is CNc1cccc(Nc2ccc(C)cc2)c1. The van der Waals surface area contributed by atoms with Crippen LogP contribution in [-0.4, -0.2) is 7.05 Å². The van der Waals surface area contributed by atoms with E-state index in [0.29, 0.717) is 0 Å². The molecule has 0 bridgehead atoms. The third-order valence-corrected chi connectivity index (χ3v) is 2.49. The van der Waals surface area contributed by atoms with E-state index in [0.717, 1.165) is 17.1 Å². The van der Waals surface area contributed by atoms with E-state index in [-0.39, 0.29) is 0 Å². The van der Waals surface area contributed by atoms with Crippen molar-refractivity contribution >= 4 is 17.1 Å². The summed E-state index contributed by atoms with van der Waals surface area (Å²) in [4.78, 5) is 0. The minimum absolute atomic E-state index is 1.09. The van der Waals surface area contributed by atoms with Crippen molar-refractivity contribution in [1.82, 2.24) is 0 Å². The van der Waals surface area contributed by atoms with Gasteiger partial charge in [-0.15, -0.1) is 0 Å². The van der Waals surface area contributed by atoms with Crippen LogP contribution in [0.2, 0.25) is 0 Å². The van der Waals surface area contributed by atoms with Crippen LogP contribution in [0.3, 0.4) is 0 Å². The molecule has 2 nitrogen and oxygen atoms in total. The summed E-state index contributed by atoms with van der Waals surface area (Å²) in [5.74, 6) is 0. The van der Waals surface area contributed by atoms with Gasteiger partial charge in [-0.05, 0) is 37.3 Å². The van der Waals surface area contributed by atoms with Crippen molar-refractivity contribution in [2.75, 3.05) is 17.7 Å². The Bertz CT molecular complexity index is 460. The van der Waals surface area contributed by atoms with E-state index in [1.165, 1.54) is 5.56 Å². The summed E-state index contributed by atoms with van der Waals surface area (Å²) in [5, 5.41) is 6.49. The van der Waals surface area contributed by atoms with Crippen molar-refractivity contribution in [3.05, 3.63) is 54.1 Å². The molecule has 0 unspecified atom stereocenters. The molecule has 0 heterocycles. The maximum atomic E-state index is 3.37. The van der Waals surface area contributed by atoms with Gasteiger partial charge in [0, 0.05) is 24.1 Å². The van der Waals surface area contributed by atoms with Gasteiger partial charge in [-0.25, -0.2) is 0 Å². The second-order valence-corrected chi connectivity index (χ2v) is 3.82. The van der Waals surface area contributed by atoms with Gasteiger partial charge in [0.1, 0.15) is 0 Å². The van der Waals surface area contributed by atoms with Crippen LogP contribution < -0.4 is 10.6 Å². The van der Waals surface area contributed by atoms with Crippen LogP contribution in [0.25, 0.3) is 0 Å². The van der Waals surface area contributed by atoms with E-state index in [9.17, 15) is 0 Å². The molecular formula is C14H16N2. The molecule has 0 radical (unpaired) electrons. The first-order chi connectivity index (χ1) is 7.78. The number of anilines is 3. The number of aryl methyl sites for hydroxylation is 1. The molecule has 0 fully saturated rings. The fraction of sp³-hybridized carbons (Fsp3) is 0.143. The van der Waals surface area contributed by atoms with Crippen LogP contribution in [0.1, 0.15) is 5.56 Å². The lowest BCUT2D eigenvalue weighted by Crippen LogP contribution is -1.92. The highest BCUT2D eigenvalue weighted by molar-refractivity contribution is 5.64. The van der Waals surface area contributed by atoms with E-state index in [4.69, 9.17) is 0 Å². The molecule has 0 saturated carbocycles. The molecule has 0 aliphatic rings. The zero-order valence-corrected chi connectivity index (χ0v) is 9.62. The zero-order chi connectivity index (χ0) is 11.4. The van der Waals surface area contributed by atoms with Crippen LogP contribution >= 0.6 is 0 Å². The summed E-state index contributed by atoms with van der Waals surface area (Å²) in [5.41, 5.74) is 4.58. The number of hydrogen-bond donors (Lipinski definition) is 2. The van der Waals surface area contributed by atoms with Crippen molar-refractivity contribution in [1.29, 1.82) is 0 Å². The highest BCUT2D eigenvalue weighted by Gasteiger charge is 1.95. The maximum Gasteiger partial charge on any atom is 0.0404 e. The van der Waals surface area contributed by atoms with Crippen molar-refractivity contribution in [2.24, 2.45) is 0 Å². The van der Waals surface area contributed by atoms with E-state index in [1.54, 1.807) is 0 Å². The van der Waals surface area contributed by atoms with Crippen LogP contribution in [-0.2, 0) is 0 Å². The molecule has 2 rings (SSSR count). The molecule has 0 atom stereocenters. The average Bonchev–Trinajstić information content (AvgIpc) is 2.32. The quantitative estimate of drug-likeness (QED) is 0.809. The first kappa shape index (κ1) is 10.6. The average molecular weight is 212 g/mol. The fourth-order valence-electron chi connectivity index (χ4n) is 1.56. The number of rotatable bonds is 3. The molecule has 82 valence electrons. The predicted molar refractivity (Wildman–Crippen MR) is 70.5 cm³/mol. The molecule has 0 aromatic heterocycles. The van der Waals surface area contributed by atoms with Crippen LogP contribution in [0.15, 0.2) is 48.5 Å². The summed E-state index contributed by atoms with van der Waals surface area (Å²) in [7, 11) is 1.92. The van der Waals surface area contributed by atoms with Gasteiger partial charge in [-0.3, -0.25) is 0 Å². The lowest BCUT2D eigenvalue weighted by Gasteiger charge is -2.08. The van der Waals surface area contributed by atoms with Gasteiger partial charge < -0.3 is 10.6 Å². The minimum Gasteiger partial charge on any atom is -0.388 e. The summed E-state index contributed by atoms with van der Waals surface area (Å²) in [6.45, 7) is 2.09. The Balaban J connectivity index is 2.16. The van der Waals surface area contributed by atoms with Crippen LogP contribution in [0, 0.1) is 6.92 Å². The Labute approximate surface area is 96.3 Å². The standard InChI is InChI=1S/C14H16N2/c1-11-6-8-12(9-7-11)16-14-5-3-4-13(10-14)15-2/h3-10,15-16H,1-2H3. The minimum atomic E-state index is 1.09. The zero-order valence-electron chi connectivity index (χ0n) is 9.62. The number of nitrogens with one attached hydrogen (secondary N) is 2. The Morgan fingerprint density at radius 1 is 0.812 bits per heavy atom. The highest BCUT2D eigenvalue weighted by Crippen LogP contribution is 2.19.